The third-order valence-corrected chi connectivity index (χ3v) is 7.60. The Morgan fingerprint density at radius 1 is 0.897 bits per heavy atom. The molecule has 1 fully saturated rings. The van der Waals surface area contributed by atoms with Crippen LogP contribution in [-0.2, 0) is 0 Å². The molecule has 0 aromatic rings. The van der Waals surface area contributed by atoms with E-state index >= 15 is 0 Å². The summed E-state index contributed by atoms with van der Waals surface area (Å²) in [4.78, 5) is 0. The van der Waals surface area contributed by atoms with E-state index in [1.54, 1.807) is 11.1 Å². The summed E-state index contributed by atoms with van der Waals surface area (Å²) in [6.07, 6.45) is 41.1. The van der Waals surface area contributed by atoms with Crippen LogP contribution in [0.5, 0.6) is 0 Å². The predicted molar refractivity (Wildman–Crippen MR) is 121 cm³/mol. The highest BCUT2D eigenvalue weighted by atomic mass is 14.5. The molecule has 0 amide bonds. The topological polar surface area (TPSA) is 0 Å². The Morgan fingerprint density at radius 3 is 2.76 bits per heavy atom. The van der Waals surface area contributed by atoms with Gasteiger partial charge in [-0.2, -0.15) is 0 Å². The van der Waals surface area contributed by atoms with Gasteiger partial charge in [0.2, 0.25) is 0 Å². The molecule has 0 N–H and O–H groups in total. The van der Waals surface area contributed by atoms with Crippen LogP contribution in [0.4, 0.5) is 0 Å². The van der Waals surface area contributed by atoms with Crippen LogP contribution < -0.4 is 0 Å². The predicted octanol–water partition coefficient (Wildman–Crippen LogP) is 7.21. The molecule has 0 spiro atoms. The first-order valence-corrected chi connectivity index (χ1v) is 11.2. The third kappa shape index (κ3) is 2.65. The summed E-state index contributed by atoms with van der Waals surface area (Å²) in [5.74, 6) is 1.18. The lowest BCUT2D eigenvalue weighted by atomic mass is 9.64. The van der Waals surface area contributed by atoms with Crippen molar-refractivity contribution in [1.82, 2.24) is 0 Å². The lowest BCUT2D eigenvalue weighted by Crippen LogP contribution is -2.28. The molecule has 1 saturated carbocycles. The van der Waals surface area contributed by atoms with Gasteiger partial charge in [-0.05, 0) is 78.4 Å². The van der Waals surface area contributed by atoms with Gasteiger partial charge in [0.25, 0.3) is 0 Å². The number of hydrogen-bond donors (Lipinski definition) is 0. The molecule has 0 aliphatic heterocycles. The van der Waals surface area contributed by atoms with Gasteiger partial charge in [-0.3, -0.25) is 0 Å². The van der Waals surface area contributed by atoms with Crippen LogP contribution in [0.15, 0.2) is 112 Å². The van der Waals surface area contributed by atoms with Crippen LogP contribution in [0.25, 0.3) is 0 Å². The second-order valence-electron chi connectivity index (χ2n) is 9.10. The smallest absolute Gasteiger partial charge is 0.0186 e. The maximum Gasteiger partial charge on any atom is 0.0186 e. The minimum absolute atomic E-state index is 0.158. The van der Waals surface area contributed by atoms with Crippen molar-refractivity contribution in [2.45, 2.75) is 38.5 Å². The molecule has 143 valence electrons. The zero-order valence-electron chi connectivity index (χ0n) is 16.9. The molecule has 0 nitrogen and oxygen atoms in total. The van der Waals surface area contributed by atoms with Crippen molar-refractivity contribution in [3.8, 4) is 0 Å². The molecule has 1 radical (unpaired) electrons. The highest BCUT2D eigenvalue weighted by Gasteiger charge is 2.52. The monoisotopic (exact) mass is 375 g/mol. The van der Waals surface area contributed by atoms with Gasteiger partial charge in [0.05, 0.1) is 0 Å². The highest BCUT2D eigenvalue weighted by Crippen LogP contribution is 2.63. The van der Waals surface area contributed by atoms with Crippen molar-refractivity contribution in [2.24, 2.45) is 17.3 Å². The number of rotatable bonds is 2. The number of hydrogen-bond acceptors (Lipinski definition) is 0. The van der Waals surface area contributed by atoms with Gasteiger partial charge in [0.1, 0.15) is 0 Å². The first kappa shape index (κ1) is 17.3. The molecule has 29 heavy (non-hydrogen) atoms. The second-order valence-corrected chi connectivity index (χ2v) is 9.10. The van der Waals surface area contributed by atoms with E-state index in [0.717, 1.165) is 6.42 Å². The van der Waals surface area contributed by atoms with Gasteiger partial charge in [0, 0.05) is 11.3 Å². The fraction of sp³-hybridized carbons (Fsp3) is 0.310. The second kappa shape index (κ2) is 6.73. The van der Waals surface area contributed by atoms with Gasteiger partial charge in [-0.25, -0.2) is 0 Å². The van der Waals surface area contributed by atoms with E-state index < -0.39 is 0 Å². The SMILES string of the molecule is [C]1=C(C2CC=CC3=C2CCC=C3)C2(C3=C4C=CC=CC=C4C=CC=C3)CCC1C2. The average molecular weight is 376 g/mol. The summed E-state index contributed by atoms with van der Waals surface area (Å²) in [5, 5.41) is 0. The zero-order chi connectivity index (χ0) is 19.3. The first-order chi connectivity index (χ1) is 14.4. The molecule has 0 heterocycles. The van der Waals surface area contributed by atoms with Crippen LogP contribution in [0.3, 0.4) is 0 Å². The van der Waals surface area contributed by atoms with E-state index in [9.17, 15) is 0 Å². The van der Waals surface area contributed by atoms with Gasteiger partial charge in [0.15, 0.2) is 0 Å². The third-order valence-electron chi connectivity index (χ3n) is 7.60. The fourth-order valence-electron chi connectivity index (χ4n) is 6.37. The molecular formula is C29H27. The van der Waals surface area contributed by atoms with Crippen molar-refractivity contribution in [3.63, 3.8) is 0 Å². The molecule has 0 aromatic heterocycles. The lowest BCUT2D eigenvalue weighted by Gasteiger charge is -2.40. The maximum atomic E-state index is 4.04. The van der Waals surface area contributed by atoms with E-state index in [4.69, 9.17) is 0 Å². The van der Waals surface area contributed by atoms with Gasteiger partial charge in [-0.15, -0.1) is 0 Å². The normalized spacial score (nSPS) is 34.2. The number of allylic oxidation sites excluding steroid dienone is 20. The summed E-state index contributed by atoms with van der Waals surface area (Å²) in [5.41, 5.74) is 9.17. The summed E-state index contributed by atoms with van der Waals surface area (Å²) < 4.78 is 0. The summed E-state index contributed by atoms with van der Waals surface area (Å²) >= 11 is 0. The van der Waals surface area contributed by atoms with Crippen LogP contribution in [0.1, 0.15) is 38.5 Å². The minimum Gasteiger partial charge on any atom is -0.0836 e. The minimum atomic E-state index is 0.158. The average Bonchev–Trinajstić information content (AvgIpc) is 3.16. The lowest BCUT2D eigenvalue weighted by molar-refractivity contribution is 0.414. The van der Waals surface area contributed by atoms with E-state index in [1.807, 2.05) is 0 Å². The van der Waals surface area contributed by atoms with Gasteiger partial charge >= 0.3 is 0 Å². The van der Waals surface area contributed by atoms with Crippen molar-refractivity contribution in [1.29, 1.82) is 0 Å². The molecule has 6 aliphatic rings. The molecule has 6 rings (SSSR count). The Kier molecular flexibility index (Phi) is 4.01. The first-order valence-electron chi connectivity index (χ1n) is 11.2. The molecule has 0 saturated heterocycles. The standard InChI is InChI=1S/C29H27/c1-2-9-23-11-5-7-16-27(25(23)14-3-1)29-18-17-21(20-29)19-28(29)26-15-8-12-22-10-4-6-13-24(22)26/h1-5,7-12,14,16,21,26H,6,13,15,17-18,20H2. The van der Waals surface area contributed by atoms with Crippen molar-refractivity contribution in [3.05, 3.63) is 119 Å². The maximum absolute atomic E-state index is 4.04. The van der Waals surface area contributed by atoms with E-state index in [0.29, 0.717) is 11.8 Å². The van der Waals surface area contributed by atoms with Crippen LogP contribution >= 0.6 is 0 Å². The Bertz CT molecular complexity index is 1050. The summed E-state index contributed by atoms with van der Waals surface area (Å²) in [6, 6.07) is 0. The van der Waals surface area contributed by atoms with Gasteiger partial charge < -0.3 is 0 Å². The van der Waals surface area contributed by atoms with E-state index in [-0.39, 0.29) is 5.41 Å². The molecule has 0 heteroatoms. The Labute approximate surface area is 174 Å². The Balaban J connectivity index is 1.51. The van der Waals surface area contributed by atoms with Crippen molar-refractivity contribution in [2.75, 3.05) is 0 Å². The summed E-state index contributed by atoms with van der Waals surface area (Å²) in [7, 11) is 0. The Morgan fingerprint density at radius 2 is 1.79 bits per heavy atom. The number of fused-ring (bicyclic) bond motifs is 3. The largest absolute Gasteiger partial charge is 0.0836 e. The van der Waals surface area contributed by atoms with E-state index in [2.05, 4.69) is 85.1 Å². The van der Waals surface area contributed by atoms with Crippen molar-refractivity contribution >= 4 is 0 Å². The highest BCUT2D eigenvalue weighted by molar-refractivity contribution is 5.62. The van der Waals surface area contributed by atoms with Crippen LogP contribution in [-0.4, -0.2) is 0 Å². The molecule has 2 bridgehead atoms. The summed E-state index contributed by atoms with van der Waals surface area (Å²) in [6.45, 7) is 0. The molecule has 6 aliphatic carbocycles. The van der Waals surface area contributed by atoms with Crippen LogP contribution in [0, 0.1) is 23.3 Å². The molecular weight excluding hydrogens is 348 g/mol. The molecule has 3 atom stereocenters. The quantitative estimate of drug-likeness (QED) is 0.478. The van der Waals surface area contributed by atoms with Crippen LogP contribution in [0.2, 0.25) is 0 Å². The molecule has 0 aromatic carbocycles. The van der Waals surface area contributed by atoms with E-state index in [1.165, 1.54) is 54.4 Å². The fourth-order valence-corrected chi connectivity index (χ4v) is 6.37. The zero-order valence-corrected chi connectivity index (χ0v) is 16.9. The van der Waals surface area contributed by atoms with Gasteiger partial charge in [-0.1, -0.05) is 84.6 Å². The van der Waals surface area contributed by atoms with Crippen molar-refractivity contribution < 1.29 is 0 Å². The Hall–Kier alpha value is -2.60. The molecule has 3 unspecified atom stereocenters.